The largest absolute Gasteiger partial charge is 0.444 e. The number of benzene rings is 2. The molecule has 3 aromatic rings. The molecule has 0 radical (unpaired) electrons. The Kier molecular flexibility index (Phi) is 7.72. The Bertz CT molecular complexity index is 1240. The second-order valence-corrected chi connectivity index (χ2v) is 9.44. The number of ether oxygens (including phenoxy) is 3. The number of halogens is 2. The normalized spacial score (nSPS) is 15.9. The zero-order valence-corrected chi connectivity index (χ0v) is 20.7. The van der Waals surface area contributed by atoms with Crippen LogP contribution in [-0.4, -0.2) is 59.0 Å². The molecule has 0 aliphatic carbocycles. The summed E-state index contributed by atoms with van der Waals surface area (Å²) in [4.78, 5) is 26.7. The van der Waals surface area contributed by atoms with E-state index >= 15 is 0 Å². The maximum absolute atomic E-state index is 12.7. The maximum atomic E-state index is 12.7. The number of morpholine rings is 1. The minimum atomic E-state index is -2.93. The van der Waals surface area contributed by atoms with Crippen molar-refractivity contribution in [3.05, 3.63) is 65.9 Å². The van der Waals surface area contributed by atoms with Gasteiger partial charge in [0.2, 0.25) is 0 Å². The topological polar surface area (TPSA) is 106 Å². The highest BCUT2D eigenvalue weighted by Gasteiger charge is 2.29. The summed E-state index contributed by atoms with van der Waals surface area (Å²) >= 11 is 0. The van der Waals surface area contributed by atoms with Gasteiger partial charge in [-0.1, -0.05) is 24.3 Å². The van der Waals surface area contributed by atoms with Gasteiger partial charge in [0.05, 0.1) is 18.8 Å². The monoisotopic (exact) mass is 514 g/mol. The average molecular weight is 515 g/mol. The minimum Gasteiger partial charge on any atom is -0.444 e. The maximum Gasteiger partial charge on any atom is 0.410 e. The van der Waals surface area contributed by atoms with Crippen molar-refractivity contribution in [2.24, 2.45) is 0 Å². The van der Waals surface area contributed by atoms with E-state index in [0.29, 0.717) is 36.6 Å². The van der Waals surface area contributed by atoms with Crippen LogP contribution >= 0.6 is 0 Å². The first-order chi connectivity index (χ1) is 17.6. The molecule has 4 rings (SSSR count). The Labute approximate surface area is 212 Å². The number of nitrogens with one attached hydrogen (secondary N) is 2. The van der Waals surface area contributed by atoms with Crippen molar-refractivity contribution in [2.75, 3.05) is 25.0 Å². The van der Waals surface area contributed by atoms with Crippen molar-refractivity contribution >= 4 is 17.7 Å². The van der Waals surface area contributed by atoms with E-state index in [0.717, 1.165) is 5.56 Å². The van der Waals surface area contributed by atoms with E-state index in [9.17, 15) is 18.4 Å². The molecule has 2 amide bonds. The zero-order chi connectivity index (χ0) is 26.6. The smallest absolute Gasteiger partial charge is 0.410 e. The number of nitrogens with zero attached hydrogens (tertiary/aromatic N) is 2. The molecule has 2 heterocycles. The number of aromatic nitrogens is 2. The lowest BCUT2D eigenvalue weighted by atomic mass is 10.1. The molecule has 2 N–H and O–H groups in total. The molecule has 0 saturated carbocycles. The number of anilines is 1. The molecule has 196 valence electrons. The van der Waals surface area contributed by atoms with Gasteiger partial charge in [0.1, 0.15) is 23.1 Å². The number of hydrogen-bond acceptors (Lipinski definition) is 6. The van der Waals surface area contributed by atoms with Crippen molar-refractivity contribution in [3.63, 3.8) is 0 Å². The highest BCUT2D eigenvalue weighted by molar-refractivity contribution is 6.03. The number of H-pyrrole nitrogens is 1. The number of amides is 2. The third-order valence-corrected chi connectivity index (χ3v) is 5.44. The number of hydrogen-bond donors (Lipinski definition) is 2. The Morgan fingerprint density at radius 2 is 1.92 bits per heavy atom. The molecule has 1 unspecified atom stereocenters. The van der Waals surface area contributed by atoms with Crippen LogP contribution in [0.5, 0.6) is 5.75 Å². The van der Waals surface area contributed by atoms with Gasteiger partial charge in [-0.3, -0.25) is 9.89 Å². The van der Waals surface area contributed by atoms with Crippen molar-refractivity contribution < 1.29 is 32.6 Å². The van der Waals surface area contributed by atoms with Gasteiger partial charge in [-0.25, -0.2) is 4.79 Å². The standard InChI is InChI=1S/C26H28F2N4O5/c1-26(2,3)37-25(34)32-11-12-35-22(15-32)16-7-9-18(10-8-16)29-23(33)21-14-20(30-31-21)17-5-4-6-19(13-17)36-24(27)28/h4-10,13-14,22,24H,11-12,15H2,1-3H3,(H,29,33)(H,30,31). The number of carbonyl (C=O) groups excluding carboxylic acids is 2. The molecular formula is C26H28F2N4O5. The van der Waals surface area contributed by atoms with Crippen LogP contribution in [-0.2, 0) is 9.47 Å². The predicted octanol–water partition coefficient (Wildman–Crippen LogP) is 5.24. The lowest BCUT2D eigenvalue weighted by Gasteiger charge is -2.34. The van der Waals surface area contributed by atoms with E-state index in [4.69, 9.17) is 9.47 Å². The Morgan fingerprint density at radius 3 is 2.62 bits per heavy atom. The molecule has 9 nitrogen and oxygen atoms in total. The summed E-state index contributed by atoms with van der Waals surface area (Å²) in [5, 5.41) is 9.54. The van der Waals surface area contributed by atoms with Crippen LogP contribution in [0.4, 0.5) is 19.3 Å². The molecule has 11 heteroatoms. The van der Waals surface area contributed by atoms with Gasteiger partial charge in [-0.2, -0.15) is 13.9 Å². The lowest BCUT2D eigenvalue weighted by Crippen LogP contribution is -2.44. The van der Waals surface area contributed by atoms with Crippen molar-refractivity contribution in [1.82, 2.24) is 15.1 Å². The van der Waals surface area contributed by atoms with Crippen LogP contribution in [0.15, 0.2) is 54.6 Å². The van der Waals surface area contributed by atoms with Crippen LogP contribution in [0.2, 0.25) is 0 Å². The fourth-order valence-corrected chi connectivity index (χ4v) is 3.74. The molecular weight excluding hydrogens is 486 g/mol. The Morgan fingerprint density at radius 1 is 1.16 bits per heavy atom. The number of rotatable bonds is 6. The van der Waals surface area contributed by atoms with Crippen LogP contribution in [0.25, 0.3) is 11.3 Å². The summed E-state index contributed by atoms with van der Waals surface area (Å²) in [7, 11) is 0. The van der Waals surface area contributed by atoms with E-state index in [2.05, 4.69) is 20.3 Å². The van der Waals surface area contributed by atoms with Gasteiger partial charge in [0.15, 0.2) is 0 Å². The molecule has 1 saturated heterocycles. The van der Waals surface area contributed by atoms with Crippen molar-refractivity contribution in [2.45, 2.75) is 39.1 Å². The van der Waals surface area contributed by atoms with Crippen LogP contribution in [0.3, 0.4) is 0 Å². The Hall–Kier alpha value is -3.99. The third-order valence-electron chi connectivity index (χ3n) is 5.44. The molecule has 1 fully saturated rings. The summed E-state index contributed by atoms with van der Waals surface area (Å²) in [6, 6.07) is 14.7. The van der Waals surface area contributed by atoms with Gasteiger partial charge in [0.25, 0.3) is 5.91 Å². The van der Waals surface area contributed by atoms with E-state index in [1.165, 1.54) is 18.2 Å². The van der Waals surface area contributed by atoms with E-state index < -0.39 is 18.1 Å². The SMILES string of the molecule is CC(C)(C)OC(=O)N1CCOC(c2ccc(NC(=O)c3cc(-c4cccc(OC(F)F)c4)n[nH]3)cc2)C1. The summed E-state index contributed by atoms with van der Waals surface area (Å²) < 4.78 is 40.7. The van der Waals surface area contributed by atoms with Gasteiger partial charge in [-0.05, 0) is 56.7 Å². The van der Waals surface area contributed by atoms with Crippen LogP contribution in [0, 0.1) is 0 Å². The summed E-state index contributed by atoms with van der Waals surface area (Å²) in [6.07, 6.45) is -0.692. The average Bonchev–Trinajstić information content (AvgIpc) is 3.34. The van der Waals surface area contributed by atoms with Crippen molar-refractivity contribution in [1.29, 1.82) is 0 Å². The zero-order valence-electron chi connectivity index (χ0n) is 20.7. The van der Waals surface area contributed by atoms with Gasteiger partial charge >= 0.3 is 12.7 Å². The van der Waals surface area contributed by atoms with Gasteiger partial charge < -0.3 is 24.4 Å². The molecule has 1 aliphatic rings. The molecule has 1 atom stereocenters. The number of aromatic amines is 1. The first kappa shape index (κ1) is 26.1. The number of carbonyl (C=O) groups is 2. The highest BCUT2D eigenvalue weighted by Crippen LogP contribution is 2.26. The quantitative estimate of drug-likeness (QED) is 0.466. The molecule has 1 aromatic heterocycles. The lowest BCUT2D eigenvalue weighted by molar-refractivity contribution is -0.0498. The summed E-state index contributed by atoms with van der Waals surface area (Å²) in [6.45, 7) is 3.74. The van der Waals surface area contributed by atoms with Crippen LogP contribution in [0.1, 0.15) is 42.9 Å². The molecule has 37 heavy (non-hydrogen) atoms. The van der Waals surface area contributed by atoms with Gasteiger partial charge in [0, 0.05) is 17.8 Å². The van der Waals surface area contributed by atoms with E-state index in [1.807, 2.05) is 32.9 Å². The van der Waals surface area contributed by atoms with Crippen molar-refractivity contribution in [3.8, 4) is 17.0 Å². The third kappa shape index (κ3) is 7.04. The second kappa shape index (κ2) is 11.0. The summed E-state index contributed by atoms with van der Waals surface area (Å²) in [5.74, 6) is -0.422. The highest BCUT2D eigenvalue weighted by atomic mass is 19.3. The fraction of sp³-hybridized carbons (Fsp3) is 0.346. The van der Waals surface area contributed by atoms with Crippen LogP contribution < -0.4 is 10.1 Å². The minimum absolute atomic E-state index is 0.00208. The fourth-order valence-electron chi connectivity index (χ4n) is 3.74. The first-order valence-electron chi connectivity index (χ1n) is 11.7. The van der Waals surface area contributed by atoms with Gasteiger partial charge in [-0.15, -0.1) is 0 Å². The predicted molar refractivity (Wildman–Crippen MR) is 132 cm³/mol. The molecule has 1 aliphatic heterocycles. The molecule has 2 aromatic carbocycles. The number of alkyl halides is 2. The molecule has 0 spiro atoms. The first-order valence-corrected chi connectivity index (χ1v) is 11.7. The second-order valence-electron chi connectivity index (χ2n) is 9.44. The molecule has 0 bridgehead atoms. The van der Waals surface area contributed by atoms with E-state index in [1.54, 1.807) is 29.2 Å². The Balaban J connectivity index is 1.37. The van der Waals surface area contributed by atoms with E-state index in [-0.39, 0.29) is 23.6 Å². The summed E-state index contributed by atoms with van der Waals surface area (Å²) in [5.41, 5.74) is 1.96.